The fraction of sp³-hybridized carbons (Fsp3) is 0.462. The van der Waals surface area contributed by atoms with Crippen LogP contribution in [-0.2, 0) is 6.54 Å². The molecule has 1 amide bonds. The quantitative estimate of drug-likeness (QED) is 0.513. The number of ether oxygens (including phenoxy) is 1. The summed E-state index contributed by atoms with van der Waals surface area (Å²) in [5.74, 6) is 1.90. The van der Waals surface area contributed by atoms with Gasteiger partial charge in [0.05, 0.1) is 24.7 Å². The van der Waals surface area contributed by atoms with E-state index >= 15 is 0 Å². The van der Waals surface area contributed by atoms with E-state index in [1.165, 1.54) is 44.0 Å². The third-order valence-corrected chi connectivity index (χ3v) is 7.03. The van der Waals surface area contributed by atoms with Crippen molar-refractivity contribution in [1.82, 2.24) is 14.5 Å². The number of rotatable bonds is 6. The van der Waals surface area contributed by atoms with Gasteiger partial charge in [-0.3, -0.25) is 4.79 Å². The molecule has 0 unspecified atom stereocenters. The van der Waals surface area contributed by atoms with E-state index in [0.29, 0.717) is 12.6 Å². The van der Waals surface area contributed by atoms with Crippen molar-refractivity contribution in [2.45, 2.75) is 70.0 Å². The van der Waals surface area contributed by atoms with Crippen molar-refractivity contribution in [3.05, 3.63) is 59.9 Å². The van der Waals surface area contributed by atoms with Crippen LogP contribution in [0.3, 0.4) is 0 Å². The maximum Gasteiger partial charge on any atom is 0.254 e. The first-order valence-corrected chi connectivity index (χ1v) is 11.7. The first-order valence-electron chi connectivity index (χ1n) is 11.7. The first kappa shape index (κ1) is 20.1. The van der Waals surface area contributed by atoms with Gasteiger partial charge in [0.15, 0.2) is 0 Å². The highest BCUT2D eigenvalue weighted by atomic mass is 16.5. The number of carbonyl (C=O) groups excluding carboxylic acids is 1. The van der Waals surface area contributed by atoms with E-state index in [4.69, 9.17) is 9.72 Å². The number of hydrogen-bond donors (Lipinski definition) is 0. The molecule has 5 nitrogen and oxygen atoms in total. The summed E-state index contributed by atoms with van der Waals surface area (Å²) >= 11 is 0. The predicted molar refractivity (Wildman–Crippen MR) is 122 cm³/mol. The largest absolute Gasteiger partial charge is 0.497 e. The highest BCUT2D eigenvalue weighted by molar-refractivity contribution is 5.94. The minimum Gasteiger partial charge on any atom is -0.497 e. The van der Waals surface area contributed by atoms with Crippen LogP contribution in [0.25, 0.3) is 11.0 Å². The molecule has 162 valence electrons. The monoisotopic (exact) mass is 417 g/mol. The van der Waals surface area contributed by atoms with Crippen LogP contribution < -0.4 is 4.74 Å². The minimum absolute atomic E-state index is 0.0968. The Balaban J connectivity index is 1.51. The van der Waals surface area contributed by atoms with E-state index in [0.717, 1.165) is 35.5 Å². The van der Waals surface area contributed by atoms with Crippen molar-refractivity contribution in [2.75, 3.05) is 7.11 Å². The lowest BCUT2D eigenvalue weighted by atomic mass is 10.1. The number of nitrogens with zero attached hydrogens (tertiary/aromatic N) is 3. The summed E-state index contributed by atoms with van der Waals surface area (Å²) < 4.78 is 7.71. The van der Waals surface area contributed by atoms with Gasteiger partial charge in [-0.2, -0.15) is 0 Å². The fourth-order valence-electron chi connectivity index (χ4n) is 5.41. The normalized spacial score (nSPS) is 17.5. The third-order valence-electron chi connectivity index (χ3n) is 7.03. The van der Waals surface area contributed by atoms with Crippen molar-refractivity contribution < 1.29 is 9.53 Å². The Morgan fingerprint density at radius 1 is 1.00 bits per heavy atom. The predicted octanol–water partition coefficient (Wildman–Crippen LogP) is 5.75. The summed E-state index contributed by atoms with van der Waals surface area (Å²) in [4.78, 5) is 20.7. The lowest BCUT2D eigenvalue weighted by Crippen LogP contribution is -2.39. The molecule has 1 heterocycles. The molecule has 2 saturated carbocycles. The topological polar surface area (TPSA) is 47.4 Å². The molecule has 2 fully saturated rings. The minimum atomic E-state index is 0.0968. The number of carbonyl (C=O) groups is 1. The Kier molecular flexibility index (Phi) is 5.66. The van der Waals surface area contributed by atoms with E-state index in [-0.39, 0.29) is 11.9 Å². The Morgan fingerprint density at radius 3 is 2.39 bits per heavy atom. The zero-order valence-electron chi connectivity index (χ0n) is 18.3. The van der Waals surface area contributed by atoms with E-state index in [9.17, 15) is 4.79 Å². The number of aromatic nitrogens is 2. The SMILES string of the molecule is COc1ccc(C(=O)N(Cc2nc3ccccc3n2C2CCCC2)C2CCCC2)cc1. The summed E-state index contributed by atoms with van der Waals surface area (Å²) in [6.45, 7) is 0.570. The highest BCUT2D eigenvalue weighted by Crippen LogP contribution is 2.35. The van der Waals surface area contributed by atoms with Gasteiger partial charge in [0.2, 0.25) is 0 Å². The fourth-order valence-corrected chi connectivity index (χ4v) is 5.41. The summed E-state index contributed by atoms with van der Waals surface area (Å²) in [6.07, 6.45) is 9.47. The number of hydrogen-bond acceptors (Lipinski definition) is 3. The zero-order chi connectivity index (χ0) is 21.2. The lowest BCUT2D eigenvalue weighted by Gasteiger charge is -2.30. The summed E-state index contributed by atoms with van der Waals surface area (Å²) in [6, 6.07) is 16.7. The van der Waals surface area contributed by atoms with Crippen LogP contribution in [0.2, 0.25) is 0 Å². The van der Waals surface area contributed by atoms with Gasteiger partial charge in [-0.15, -0.1) is 0 Å². The van der Waals surface area contributed by atoms with Crippen LogP contribution >= 0.6 is 0 Å². The molecule has 0 radical (unpaired) electrons. The van der Waals surface area contributed by atoms with Crippen molar-refractivity contribution in [2.24, 2.45) is 0 Å². The summed E-state index contributed by atoms with van der Waals surface area (Å²) in [5.41, 5.74) is 2.96. The van der Waals surface area contributed by atoms with Gasteiger partial charge in [0.1, 0.15) is 11.6 Å². The number of methoxy groups -OCH3 is 1. The van der Waals surface area contributed by atoms with E-state index in [2.05, 4.69) is 33.7 Å². The highest BCUT2D eigenvalue weighted by Gasteiger charge is 2.30. The Morgan fingerprint density at radius 2 is 1.68 bits per heavy atom. The van der Waals surface area contributed by atoms with Gasteiger partial charge in [0, 0.05) is 17.6 Å². The molecule has 0 bridgehead atoms. The van der Waals surface area contributed by atoms with Crippen molar-refractivity contribution >= 4 is 16.9 Å². The van der Waals surface area contributed by atoms with Gasteiger partial charge < -0.3 is 14.2 Å². The second-order valence-electron chi connectivity index (χ2n) is 8.92. The van der Waals surface area contributed by atoms with E-state index < -0.39 is 0 Å². The van der Waals surface area contributed by atoms with Crippen LogP contribution in [0, 0.1) is 0 Å². The molecule has 0 saturated heterocycles. The maximum absolute atomic E-state index is 13.6. The molecule has 2 aromatic carbocycles. The third kappa shape index (κ3) is 3.93. The molecule has 5 rings (SSSR count). The maximum atomic E-state index is 13.6. The number of para-hydroxylation sites is 2. The summed E-state index contributed by atoms with van der Waals surface area (Å²) in [5, 5.41) is 0. The summed E-state index contributed by atoms with van der Waals surface area (Å²) in [7, 11) is 1.65. The first-order chi connectivity index (χ1) is 15.2. The van der Waals surface area contributed by atoms with Gasteiger partial charge in [-0.25, -0.2) is 4.98 Å². The van der Waals surface area contributed by atoms with Crippen molar-refractivity contribution in [1.29, 1.82) is 0 Å². The lowest BCUT2D eigenvalue weighted by molar-refractivity contribution is 0.0655. The second kappa shape index (κ2) is 8.74. The van der Waals surface area contributed by atoms with Crippen LogP contribution in [0.4, 0.5) is 0 Å². The van der Waals surface area contributed by atoms with Crippen LogP contribution in [0.1, 0.15) is 73.6 Å². The Bertz CT molecular complexity index is 1040. The van der Waals surface area contributed by atoms with Gasteiger partial charge in [0.25, 0.3) is 5.91 Å². The molecule has 3 aromatic rings. The number of imidazole rings is 1. The standard InChI is InChI=1S/C26H31N3O2/c1-31-22-16-14-19(15-17-22)26(30)28(20-8-2-3-9-20)18-25-27-23-12-6-7-13-24(23)29(25)21-10-4-5-11-21/h6-7,12-17,20-21H,2-5,8-11,18H2,1H3. The molecule has 2 aliphatic rings. The average Bonchev–Trinajstić information content (AvgIpc) is 3.57. The molecule has 31 heavy (non-hydrogen) atoms. The van der Waals surface area contributed by atoms with E-state index in [1.54, 1.807) is 7.11 Å². The number of benzene rings is 2. The van der Waals surface area contributed by atoms with Gasteiger partial charge in [-0.05, 0) is 62.1 Å². The van der Waals surface area contributed by atoms with Crippen LogP contribution in [-0.4, -0.2) is 33.5 Å². The molecule has 0 N–H and O–H groups in total. The molecule has 0 atom stereocenters. The molecular weight excluding hydrogens is 386 g/mol. The van der Waals surface area contributed by atoms with Crippen molar-refractivity contribution in [3.63, 3.8) is 0 Å². The molecule has 1 aromatic heterocycles. The van der Waals surface area contributed by atoms with Gasteiger partial charge >= 0.3 is 0 Å². The van der Waals surface area contributed by atoms with E-state index in [1.807, 2.05) is 24.3 Å². The Hall–Kier alpha value is -2.82. The number of amides is 1. The van der Waals surface area contributed by atoms with Crippen LogP contribution in [0.5, 0.6) is 5.75 Å². The average molecular weight is 418 g/mol. The zero-order valence-corrected chi connectivity index (χ0v) is 18.3. The molecule has 2 aliphatic carbocycles. The molecular formula is C26H31N3O2. The smallest absolute Gasteiger partial charge is 0.254 e. The van der Waals surface area contributed by atoms with Crippen LogP contribution in [0.15, 0.2) is 48.5 Å². The second-order valence-corrected chi connectivity index (χ2v) is 8.92. The molecule has 5 heteroatoms. The Labute approximate surface area is 184 Å². The number of fused-ring (bicyclic) bond motifs is 1. The van der Waals surface area contributed by atoms with Gasteiger partial charge in [-0.1, -0.05) is 37.8 Å². The molecule has 0 spiro atoms. The van der Waals surface area contributed by atoms with Crippen molar-refractivity contribution in [3.8, 4) is 5.75 Å². The molecule has 0 aliphatic heterocycles.